The maximum atomic E-state index is 13.7. The molecule has 35 heavy (non-hydrogen) atoms. The summed E-state index contributed by atoms with van der Waals surface area (Å²) in [4.78, 5) is 15.5. The second kappa shape index (κ2) is 11.2. The molecule has 4 nitrogen and oxygen atoms in total. The summed E-state index contributed by atoms with van der Waals surface area (Å²) >= 11 is 0. The first-order chi connectivity index (χ1) is 16.9. The van der Waals surface area contributed by atoms with Crippen molar-refractivity contribution in [3.05, 3.63) is 125 Å². The Morgan fingerprint density at radius 1 is 0.771 bits per heavy atom. The van der Waals surface area contributed by atoms with Crippen LogP contribution in [0.2, 0.25) is 0 Å². The molecule has 4 aromatic rings. The Morgan fingerprint density at radius 2 is 1.23 bits per heavy atom. The Balaban J connectivity index is 0.000000527. The molecule has 174 valence electrons. The van der Waals surface area contributed by atoms with E-state index in [1.165, 1.54) is 0 Å². The number of aromatic hydroxyl groups is 2. The van der Waals surface area contributed by atoms with E-state index in [4.69, 9.17) is 7.57 Å². The van der Waals surface area contributed by atoms with E-state index in [2.05, 4.69) is 17.9 Å². The predicted molar refractivity (Wildman–Crippen MR) is 156 cm³/mol. The summed E-state index contributed by atoms with van der Waals surface area (Å²) < 4.78 is 0. The van der Waals surface area contributed by atoms with Gasteiger partial charge in [-0.2, -0.15) is 0 Å². The number of phenolic OH excluding ortho intramolecular Hbond substituents is 2. The van der Waals surface area contributed by atoms with Crippen molar-refractivity contribution in [2.75, 3.05) is 4.90 Å². The smallest absolute Gasteiger partial charge is 0.260 e. The Labute approximate surface area is 214 Å². The number of carbonyl (C=O) groups excluding carboxylic acids is 1. The monoisotopic (exact) mass is 533 g/mol. The zero-order chi connectivity index (χ0) is 25.0. The highest BCUT2D eigenvalue weighted by Gasteiger charge is 2.52. The van der Waals surface area contributed by atoms with Gasteiger partial charge in [0.05, 0.1) is 0 Å². The van der Waals surface area contributed by atoms with E-state index in [1.807, 2.05) is 78.9 Å². The van der Waals surface area contributed by atoms with Crippen molar-refractivity contribution in [3.8, 4) is 11.5 Å². The van der Waals surface area contributed by atoms with Gasteiger partial charge in [-0.1, -0.05) is 68.6 Å². The molecule has 0 spiro atoms. The van der Waals surface area contributed by atoms with Crippen molar-refractivity contribution < 1.29 is 15.0 Å². The number of hydrogen-bond donors (Lipinski definition) is 2. The molecule has 0 aliphatic carbocycles. The van der Waals surface area contributed by atoms with Crippen molar-refractivity contribution >= 4 is 52.2 Å². The molecular weight excluding hydrogens is 509 g/mol. The average molecular weight is 533 g/mol. The van der Waals surface area contributed by atoms with Crippen LogP contribution in [0.25, 0.3) is 0 Å². The molecule has 4 atom stereocenters. The van der Waals surface area contributed by atoms with Crippen LogP contribution in [0.1, 0.15) is 27.0 Å². The first-order valence-electron chi connectivity index (χ1n) is 10.7. The molecule has 0 fully saturated rings. The van der Waals surface area contributed by atoms with E-state index in [1.54, 1.807) is 29.2 Å². The van der Waals surface area contributed by atoms with E-state index < -0.39 is 5.54 Å². The van der Waals surface area contributed by atoms with E-state index in [-0.39, 0.29) is 24.6 Å². The summed E-state index contributed by atoms with van der Waals surface area (Å²) in [7, 11) is 11.1. The molecule has 0 saturated heterocycles. The SMILES string of the molecule is O=C1c2ccccc2C(c2ccc(O)cc2)(c2ccc(O)cc2)N1c1ccccc1.[B]P(P)PP. The Morgan fingerprint density at radius 3 is 1.71 bits per heavy atom. The van der Waals surface area contributed by atoms with Crippen LogP contribution in [0.4, 0.5) is 5.69 Å². The van der Waals surface area contributed by atoms with Crippen molar-refractivity contribution in [3.63, 3.8) is 0 Å². The average Bonchev–Trinajstić information content (AvgIpc) is 3.15. The van der Waals surface area contributed by atoms with Gasteiger partial charge >= 0.3 is 0 Å². The fraction of sp³-hybridized carbons (Fsp3) is 0.0385. The summed E-state index contributed by atoms with van der Waals surface area (Å²) in [5, 5.41) is 19.8. The van der Waals surface area contributed by atoms with Gasteiger partial charge in [0.1, 0.15) is 24.6 Å². The lowest BCUT2D eigenvalue weighted by molar-refractivity contribution is 0.0986. The van der Waals surface area contributed by atoms with Gasteiger partial charge in [-0.25, -0.2) is 0 Å². The maximum absolute atomic E-state index is 13.7. The lowest BCUT2D eigenvalue weighted by atomic mass is 9.76. The van der Waals surface area contributed by atoms with Crippen molar-refractivity contribution in [2.45, 2.75) is 5.54 Å². The van der Waals surface area contributed by atoms with Crippen LogP contribution in [-0.4, -0.2) is 23.7 Å². The molecular formula is C26H24BNO3P4. The van der Waals surface area contributed by atoms with Gasteiger partial charge < -0.3 is 10.2 Å². The van der Waals surface area contributed by atoms with Crippen molar-refractivity contribution in [2.24, 2.45) is 0 Å². The van der Waals surface area contributed by atoms with E-state index in [0.717, 1.165) is 30.3 Å². The molecule has 9 heteroatoms. The lowest BCUT2D eigenvalue weighted by Crippen LogP contribution is -2.46. The number of fused-ring (bicyclic) bond motifs is 1. The molecule has 1 amide bonds. The summed E-state index contributed by atoms with van der Waals surface area (Å²) in [5.41, 5.74) is 2.98. The normalized spacial score (nSPS) is 14.9. The molecule has 2 radical (unpaired) electrons. The molecule has 4 aromatic carbocycles. The number of benzene rings is 4. The molecule has 5 rings (SSSR count). The van der Waals surface area contributed by atoms with Crippen LogP contribution in [0, 0.1) is 0 Å². The fourth-order valence-electron chi connectivity index (χ4n) is 4.41. The zero-order valence-electron chi connectivity index (χ0n) is 18.7. The molecule has 0 saturated carbocycles. The second-order valence-corrected chi connectivity index (χ2v) is 16.8. The number of anilines is 1. The number of hydrogen-bond acceptors (Lipinski definition) is 3. The highest BCUT2D eigenvalue weighted by atomic mass is 32.6. The fourth-order valence-corrected chi connectivity index (χ4v) is 4.41. The van der Waals surface area contributed by atoms with Gasteiger partial charge in [-0.15, -0.1) is 25.0 Å². The predicted octanol–water partition coefficient (Wildman–Crippen LogP) is 6.78. The Hall–Kier alpha value is -2.27. The molecule has 0 aromatic heterocycles. The molecule has 4 unspecified atom stereocenters. The van der Waals surface area contributed by atoms with Crippen LogP contribution in [0.5, 0.6) is 11.5 Å². The molecule has 2 N–H and O–H groups in total. The van der Waals surface area contributed by atoms with Gasteiger partial charge in [0.25, 0.3) is 5.91 Å². The van der Waals surface area contributed by atoms with Crippen molar-refractivity contribution in [1.29, 1.82) is 0 Å². The number of rotatable bonds is 4. The number of nitrogens with zero attached hydrogens (tertiary/aromatic N) is 1. The quantitative estimate of drug-likeness (QED) is 0.225. The zero-order valence-corrected chi connectivity index (χ0v) is 22.9. The Kier molecular flexibility index (Phi) is 8.26. The van der Waals surface area contributed by atoms with Crippen LogP contribution < -0.4 is 4.90 Å². The molecule has 0 bridgehead atoms. The molecule has 1 aliphatic heterocycles. The topological polar surface area (TPSA) is 60.8 Å². The van der Waals surface area contributed by atoms with Crippen LogP contribution in [0.3, 0.4) is 0 Å². The van der Waals surface area contributed by atoms with Gasteiger partial charge in [0, 0.05) is 11.3 Å². The third kappa shape index (κ3) is 5.02. The first-order valence-corrected chi connectivity index (χ1v) is 17.4. The molecule has 1 heterocycles. The third-order valence-corrected chi connectivity index (χ3v) is 13.7. The Bertz CT molecular complexity index is 1260. The van der Waals surface area contributed by atoms with E-state index in [0.29, 0.717) is 5.56 Å². The number of para-hydroxylation sites is 1. The number of phenols is 2. The maximum Gasteiger partial charge on any atom is 0.260 e. The summed E-state index contributed by atoms with van der Waals surface area (Å²) in [6.07, 6.45) is 0. The number of carbonyl (C=O) groups is 1. The first kappa shape index (κ1) is 25.8. The van der Waals surface area contributed by atoms with Crippen LogP contribution in [0.15, 0.2) is 103 Å². The van der Waals surface area contributed by atoms with Gasteiger partial charge in [0.2, 0.25) is 0 Å². The summed E-state index contributed by atoms with van der Waals surface area (Å²) in [5.74, 6) is 0.213. The lowest BCUT2D eigenvalue weighted by Gasteiger charge is -2.40. The third-order valence-electron chi connectivity index (χ3n) is 5.82. The summed E-state index contributed by atoms with van der Waals surface area (Å²) in [6.45, 7) is 0. The van der Waals surface area contributed by atoms with Gasteiger partial charge in [-0.05, 0) is 59.2 Å². The minimum absolute atomic E-state index is 0.0991. The highest BCUT2D eigenvalue weighted by molar-refractivity contribution is 8.68. The van der Waals surface area contributed by atoms with E-state index in [9.17, 15) is 15.0 Å². The largest absolute Gasteiger partial charge is 0.508 e. The molecule has 1 aliphatic rings. The highest BCUT2D eigenvalue weighted by Crippen LogP contribution is 2.62. The van der Waals surface area contributed by atoms with Gasteiger partial charge in [0.15, 0.2) is 0 Å². The van der Waals surface area contributed by atoms with Gasteiger partial charge in [-0.3, -0.25) is 9.69 Å². The minimum Gasteiger partial charge on any atom is -0.508 e. The minimum atomic E-state index is -0.948. The van der Waals surface area contributed by atoms with Crippen LogP contribution in [-0.2, 0) is 5.54 Å². The second-order valence-electron chi connectivity index (χ2n) is 7.86. The van der Waals surface area contributed by atoms with E-state index >= 15 is 0 Å². The summed E-state index contributed by atoms with van der Waals surface area (Å²) in [6, 6.07) is 31.1. The van der Waals surface area contributed by atoms with Crippen molar-refractivity contribution in [1.82, 2.24) is 0 Å². The van der Waals surface area contributed by atoms with Crippen LogP contribution >= 0.6 is 33.0 Å². The number of amides is 1. The standard InChI is InChI=1S/C26H19NO3.BH5P4/c28-21-14-10-18(11-15-21)26(19-12-16-22(29)17-13-19)24-9-5-4-8-23(24)25(30)27(26)20-6-2-1-3-7-20;1-5(3)4-2/h1-17,28-29H;4H,2-3H2.